The average molecular weight is 455 g/mol. The molecule has 1 spiro atoms. The minimum atomic E-state index is -0.450. The first-order chi connectivity index (χ1) is 16.7. The number of nitrogens with zero attached hydrogens (tertiary/aromatic N) is 3. The van der Waals surface area contributed by atoms with E-state index in [-0.39, 0.29) is 12.0 Å². The van der Waals surface area contributed by atoms with Crippen LogP contribution in [0.1, 0.15) is 12.8 Å². The predicted octanol–water partition coefficient (Wildman–Crippen LogP) is 4.01. The molecule has 34 heavy (non-hydrogen) atoms. The highest BCUT2D eigenvalue weighted by molar-refractivity contribution is 5.93. The molecule has 6 heteroatoms. The number of rotatable bonds is 4. The average Bonchev–Trinajstić information content (AvgIpc) is 3.21. The number of benzene rings is 3. The Hall–Kier alpha value is -3.51. The zero-order valence-electron chi connectivity index (χ0n) is 19.3. The highest BCUT2D eigenvalue weighted by Crippen LogP contribution is 2.39. The third kappa shape index (κ3) is 3.68. The molecule has 0 aromatic heterocycles. The lowest BCUT2D eigenvalue weighted by Crippen LogP contribution is -2.57. The Morgan fingerprint density at radius 3 is 2.24 bits per heavy atom. The summed E-state index contributed by atoms with van der Waals surface area (Å²) in [5.74, 6) is 1.09. The van der Waals surface area contributed by atoms with Gasteiger partial charge in [-0.15, -0.1) is 0 Å². The van der Waals surface area contributed by atoms with Gasteiger partial charge in [0.25, 0.3) is 0 Å². The van der Waals surface area contributed by atoms with E-state index < -0.39 is 5.54 Å². The van der Waals surface area contributed by atoms with Crippen molar-refractivity contribution in [3.63, 3.8) is 0 Å². The fraction of sp³-hybridized carbons (Fsp3) is 0.321. The Morgan fingerprint density at radius 2 is 1.50 bits per heavy atom. The van der Waals surface area contributed by atoms with Gasteiger partial charge in [-0.2, -0.15) is 0 Å². The van der Waals surface area contributed by atoms with Crippen molar-refractivity contribution in [3.8, 4) is 5.75 Å². The topological polar surface area (TPSA) is 48.1 Å². The maximum atomic E-state index is 13.0. The molecule has 0 bridgehead atoms. The van der Waals surface area contributed by atoms with Crippen molar-refractivity contribution in [1.82, 2.24) is 10.2 Å². The summed E-state index contributed by atoms with van der Waals surface area (Å²) < 4.78 is 6.44. The van der Waals surface area contributed by atoms with E-state index in [1.54, 1.807) is 0 Å². The number of hydrogen-bond donors (Lipinski definition) is 1. The van der Waals surface area contributed by atoms with Crippen LogP contribution >= 0.6 is 0 Å². The number of fused-ring (bicyclic) bond motifs is 1. The molecule has 6 nitrogen and oxygen atoms in total. The number of carbonyl (C=O) groups is 1. The summed E-state index contributed by atoms with van der Waals surface area (Å²) in [5.41, 5.74) is 2.96. The van der Waals surface area contributed by atoms with Crippen LogP contribution in [0.4, 0.5) is 17.1 Å². The second-order valence-corrected chi connectivity index (χ2v) is 9.41. The Kier molecular flexibility index (Phi) is 5.38. The van der Waals surface area contributed by atoms with Crippen LogP contribution in [0.2, 0.25) is 0 Å². The molecule has 2 fully saturated rings. The minimum Gasteiger partial charge on any atom is -0.485 e. The zero-order chi connectivity index (χ0) is 23.0. The van der Waals surface area contributed by atoms with Crippen LogP contribution in [0.5, 0.6) is 5.75 Å². The van der Waals surface area contributed by atoms with Gasteiger partial charge in [0.15, 0.2) is 0 Å². The molecular weight excluding hydrogens is 424 g/mol. The molecule has 3 aromatic carbocycles. The molecule has 1 amide bonds. The summed E-state index contributed by atoms with van der Waals surface area (Å²) in [7, 11) is 0. The Labute approximate surface area is 200 Å². The van der Waals surface area contributed by atoms with Gasteiger partial charge in [-0.1, -0.05) is 48.5 Å². The van der Waals surface area contributed by atoms with Crippen molar-refractivity contribution in [3.05, 3.63) is 84.9 Å². The van der Waals surface area contributed by atoms with E-state index in [9.17, 15) is 4.79 Å². The van der Waals surface area contributed by atoms with E-state index in [2.05, 4.69) is 80.7 Å². The fourth-order valence-electron chi connectivity index (χ4n) is 5.67. The third-order valence-electron chi connectivity index (χ3n) is 7.45. The van der Waals surface area contributed by atoms with Crippen molar-refractivity contribution in [2.75, 3.05) is 42.6 Å². The van der Waals surface area contributed by atoms with Gasteiger partial charge in [-0.25, -0.2) is 0 Å². The van der Waals surface area contributed by atoms with E-state index in [0.29, 0.717) is 6.67 Å². The van der Waals surface area contributed by atoms with Crippen molar-refractivity contribution in [2.45, 2.75) is 24.5 Å². The lowest BCUT2D eigenvalue weighted by molar-refractivity contribution is -0.125. The molecule has 1 N–H and O–H groups in total. The van der Waals surface area contributed by atoms with Crippen molar-refractivity contribution < 1.29 is 9.53 Å². The quantitative estimate of drug-likeness (QED) is 0.646. The normalized spacial score (nSPS) is 21.8. The zero-order valence-corrected chi connectivity index (χ0v) is 19.3. The van der Waals surface area contributed by atoms with Crippen LogP contribution in [0.25, 0.3) is 0 Å². The maximum Gasteiger partial charge on any atom is 0.247 e. The van der Waals surface area contributed by atoms with Gasteiger partial charge in [-0.05, 0) is 49.2 Å². The number of hydrogen-bond acceptors (Lipinski definition) is 5. The number of nitrogens with one attached hydrogen (secondary N) is 1. The van der Waals surface area contributed by atoms with Gasteiger partial charge < -0.3 is 19.9 Å². The molecule has 1 unspecified atom stereocenters. The molecule has 2 saturated heterocycles. The van der Waals surface area contributed by atoms with Crippen molar-refractivity contribution >= 4 is 23.0 Å². The summed E-state index contributed by atoms with van der Waals surface area (Å²) in [6, 6.07) is 29.1. The van der Waals surface area contributed by atoms with Gasteiger partial charge in [0.05, 0.1) is 18.9 Å². The van der Waals surface area contributed by atoms with Crippen LogP contribution in [-0.4, -0.2) is 55.3 Å². The molecule has 1 atom stereocenters. The molecule has 3 heterocycles. The fourth-order valence-corrected chi connectivity index (χ4v) is 5.67. The molecule has 3 aliphatic heterocycles. The SMILES string of the molecule is O=C1NCN(c2ccccc2)C12CCN(CC1CN(c3ccccc3)c3ccccc3O1)CC2. The Morgan fingerprint density at radius 1 is 0.853 bits per heavy atom. The van der Waals surface area contributed by atoms with Crippen LogP contribution in [0.15, 0.2) is 84.9 Å². The van der Waals surface area contributed by atoms with Crippen LogP contribution < -0.4 is 19.9 Å². The molecule has 3 aromatic rings. The molecule has 0 saturated carbocycles. The number of likely N-dealkylation sites (tertiary alicyclic amines) is 1. The predicted molar refractivity (Wildman–Crippen MR) is 135 cm³/mol. The molecule has 6 rings (SSSR count). The Bertz CT molecular complexity index is 1150. The van der Waals surface area contributed by atoms with Crippen LogP contribution in [0.3, 0.4) is 0 Å². The smallest absolute Gasteiger partial charge is 0.247 e. The lowest BCUT2D eigenvalue weighted by Gasteiger charge is -2.45. The number of amides is 1. The minimum absolute atomic E-state index is 0.0618. The number of carbonyl (C=O) groups excluding carboxylic acids is 1. The standard InChI is InChI=1S/C28H30N4O2/c33-27-28(32(21-29-27)23-11-5-2-6-12-23)15-17-30(18-16-28)19-24-20-31(22-9-3-1-4-10-22)25-13-7-8-14-26(25)34-24/h1-14,24H,15-21H2,(H,29,33). The maximum absolute atomic E-state index is 13.0. The van der Waals surface area contributed by atoms with Gasteiger partial charge in [0.1, 0.15) is 17.4 Å². The summed E-state index contributed by atoms with van der Waals surface area (Å²) in [4.78, 5) is 20.0. The molecule has 174 valence electrons. The van der Waals surface area contributed by atoms with E-state index in [4.69, 9.17) is 4.74 Å². The van der Waals surface area contributed by atoms with Crippen molar-refractivity contribution in [2.24, 2.45) is 0 Å². The van der Waals surface area contributed by atoms with E-state index in [1.807, 2.05) is 24.3 Å². The van der Waals surface area contributed by atoms with Gasteiger partial charge in [0.2, 0.25) is 5.91 Å². The summed E-state index contributed by atoms with van der Waals surface area (Å²) >= 11 is 0. The van der Waals surface area contributed by atoms with Crippen LogP contribution in [-0.2, 0) is 4.79 Å². The van der Waals surface area contributed by atoms with E-state index in [1.165, 1.54) is 5.69 Å². The molecule has 0 radical (unpaired) electrons. The largest absolute Gasteiger partial charge is 0.485 e. The second kappa shape index (κ2) is 8.69. The number of ether oxygens (including phenoxy) is 1. The highest BCUT2D eigenvalue weighted by Gasteiger charge is 2.50. The lowest BCUT2D eigenvalue weighted by atomic mass is 9.85. The first kappa shape index (κ1) is 21.1. The first-order valence-electron chi connectivity index (χ1n) is 12.1. The van der Waals surface area contributed by atoms with E-state index >= 15 is 0 Å². The van der Waals surface area contributed by atoms with Crippen LogP contribution in [0, 0.1) is 0 Å². The molecule has 3 aliphatic rings. The first-order valence-corrected chi connectivity index (χ1v) is 12.1. The van der Waals surface area contributed by atoms with E-state index in [0.717, 1.165) is 56.1 Å². The summed E-state index contributed by atoms with van der Waals surface area (Å²) in [5, 5.41) is 3.10. The summed E-state index contributed by atoms with van der Waals surface area (Å²) in [6.07, 6.45) is 1.70. The second-order valence-electron chi connectivity index (χ2n) is 9.41. The number of piperidine rings is 1. The monoisotopic (exact) mass is 454 g/mol. The number of anilines is 3. The van der Waals surface area contributed by atoms with Crippen molar-refractivity contribution in [1.29, 1.82) is 0 Å². The van der Waals surface area contributed by atoms with Gasteiger partial charge in [-0.3, -0.25) is 9.69 Å². The summed E-state index contributed by atoms with van der Waals surface area (Å²) in [6.45, 7) is 3.99. The van der Waals surface area contributed by atoms with Gasteiger partial charge in [0, 0.05) is 31.0 Å². The third-order valence-corrected chi connectivity index (χ3v) is 7.45. The Balaban J connectivity index is 1.17. The number of para-hydroxylation sites is 4. The highest BCUT2D eigenvalue weighted by atomic mass is 16.5. The van der Waals surface area contributed by atoms with Gasteiger partial charge >= 0.3 is 0 Å². The molecule has 0 aliphatic carbocycles. The molecular formula is C28H30N4O2.